The molecule has 140 valence electrons. The summed E-state index contributed by atoms with van der Waals surface area (Å²) < 4.78 is 7.14. The second-order valence-corrected chi connectivity index (χ2v) is 7.13. The Bertz CT molecular complexity index is 1040. The summed E-state index contributed by atoms with van der Waals surface area (Å²) in [5.41, 5.74) is 1.90. The molecule has 3 aromatic rings. The lowest BCUT2D eigenvalue weighted by Crippen LogP contribution is -2.42. The topological polar surface area (TPSA) is 80.5 Å². The number of rotatable bonds is 2. The zero-order valence-electron chi connectivity index (χ0n) is 13.8. The van der Waals surface area contributed by atoms with Crippen molar-refractivity contribution in [1.82, 2.24) is 19.4 Å². The van der Waals surface area contributed by atoms with E-state index in [1.54, 1.807) is 28.8 Å². The van der Waals surface area contributed by atoms with Crippen LogP contribution in [0.5, 0.6) is 0 Å². The van der Waals surface area contributed by atoms with Gasteiger partial charge < -0.3 is 9.84 Å². The van der Waals surface area contributed by atoms with Crippen molar-refractivity contribution < 1.29 is 14.6 Å². The molecule has 3 heterocycles. The molecule has 0 spiro atoms. The molecule has 1 saturated heterocycles. The first-order valence-corrected chi connectivity index (χ1v) is 9.15. The van der Waals surface area contributed by atoms with Gasteiger partial charge in [-0.15, -0.1) is 0 Å². The normalized spacial score (nSPS) is 17.4. The van der Waals surface area contributed by atoms with Gasteiger partial charge in [0, 0.05) is 17.3 Å². The van der Waals surface area contributed by atoms with E-state index in [1.165, 1.54) is 11.2 Å². The largest absolute Gasteiger partial charge is 0.465 e. The summed E-state index contributed by atoms with van der Waals surface area (Å²) in [6.45, 7) is 0.910. The van der Waals surface area contributed by atoms with Crippen molar-refractivity contribution in [3.05, 3.63) is 51.5 Å². The summed E-state index contributed by atoms with van der Waals surface area (Å²) in [7, 11) is 0. The average molecular weight is 428 g/mol. The number of benzene rings is 1. The molecule has 1 amide bonds. The maximum atomic E-state index is 11.5. The van der Waals surface area contributed by atoms with E-state index in [0.29, 0.717) is 50.8 Å². The standard InChI is InChI=1S/C17H13Cl3N4O3/c18-12-5-9(24-14(19)6-11-15(20)21-8-22-16(11)24)1-2-10(12)13-7-27-4-3-23(13)17(25)26/h1-2,5-6,8,13H,3-4,7H2,(H,25,26). The van der Waals surface area contributed by atoms with Crippen molar-refractivity contribution in [2.24, 2.45) is 0 Å². The molecule has 0 aliphatic carbocycles. The van der Waals surface area contributed by atoms with E-state index in [-0.39, 0.29) is 6.61 Å². The molecule has 0 radical (unpaired) electrons. The summed E-state index contributed by atoms with van der Waals surface area (Å²) in [5, 5.41) is 11.2. The molecule has 0 saturated carbocycles. The quantitative estimate of drug-likeness (QED) is 0.612. The van der Waals surface area contributed by atoms with Crippen LogP contribution in [0.15, 0.2) is 30.6 Å². The van der Waals surface area contributed by atoms with Crippen LogP contribution >= 0.6 is 34.8 Å². The number of fused-ring (bicyclic) bond motifs is 1. The van der Waals surface area contributed by atoms with Gasteiger partial charge in [-0.2, -0.15) is 0 Å². The maximum absolute atomic E-state index is 11.5. The molecular weight excluding hydrogens is 415 g/mol. The average Bonchev–Trinajstić information content (AvgIpc) is 2.99. The maximum Gasteiger partial charge on any atom is 0.407 e. The molecule has 1 fully saturated rings. The first-order valence-electron chi connectivity index (χ1n) is 8.02. The fourth-order valence-corrected chi connectivity index (χ4v) is 3.98. The van der Waals surface area contributed by atoms with Crippen molar-refractivity contribution >= 4 is 51.9 Å². The zero-order chi connectivity index (χ0) is 19.1. The number of carboxylic acid groups (broad SMARTS) is 1. The third kappa shape index (κ3) is 3.21. The summed E-state index contributed by atoms with van der Waals surface area (Å²) in [6.07, 6.45) is 0.353. The number of amides is 1. The van der Waals surface area contributed by atoms with Gasteiger partial charge in [-0.25, -0.2) is 14.8 Å². The number of halogens is 3. The summed E-state index contributed by atoms with van der Waals surface area (Å²) in [6, 6.07) is 6.51. The van der Waals surface area contributed by atoms with Crippen molar-refractivity contribution in [1.29, 1.82) is 0 Å². The highest BCUT2D eigenvalue weighted by Gasteiger charge is 2.30. The number of ether oxygens (including phenoxy) is 1. The minimum absolute atomic E-state index is 0.251. The Balaban J connectivity index is 1.78. The minimum atomic E-state index is -1.01. The molecule has 1 aliphatic rings. The van der Waals surface area contributed by atoms with Gasteiger partial charge in [0.2, 0.25) is 0 Å². The number of hydrogen-bond donors (Lipinski definition) is 1. The number of aromatic nitrogens is 3. The second-order valence-electron chi connectivity index (χ2n) is 5.98. The molecule has 1 atom stereocenters. The molecular formula is C17H13Cl3N4O3. The van der Waals surface area contributed by atoms with Crippen molar-refractivity contribution in [2.45, 2.75) is 6.04 Å². The van der Waals surface area contributed by atoms with E-state index in [1.807, 2.05) is 0 Å². The third-order valence-corrected chi connectivity index (χ3v) is 5.39. The van der Waals surface area contributed by atoms with E-state index in [9.17, 15) is 9.90 Å². The summed E-state index contributed by atoms with van der Waals surface area (Å²) in [4.78, 5) is 21.0. The van der Waals surface area contributed by atoms with E-state index in [0.717, 1.165) is 0 Å². The lowest BCUT2D eigenvalue weighted by molar-refractivity contribution is -0.000860. The Morgan fingerprint density at radius 2 is 2.04 bits per heavy atom. The predicted molar refractivity (Wildman–Crippen MR) is 102 cm³/mol. The van der Waals surface area contributed by atoms with Gasteiger partial charge >= 0.3 is 6.09 Å². The van der Waals surface area contributed by atoms with E-state index >= 15 is 0 Å². The van der Waals surface area contributed by atoms with Gasteiger partial charge in [0.25, 0.3) is 0 Å². The van der Waals surface area contributed by atoms with Crippen LogP contribution in [0.25, 0.3) is 16.7 Å². The van der Waals surface area contributed by atoms with Crippen LogP contribution in [0, 0.1) is 0 Å². The molecule has 0 bridgehead atoms. The van der Waals surface area contributed by atoms with Crippen LogP contribution in [-0.4, -0.2) is 50.4 Å². The van der Waals surface area contributed by atoms with Gasteiger partial charge in [-0.3, -0.25) is 9.47 Å². The molecule has 1 unspecified atom stereocenters. The highest BCUT2D eigenvalue weighted by molar-refractivity contribution is 6.36. The van der Waals surface area contributed by atoms with Crippen LogP contribution in [0.3, 0.4) is 0 Å². The van der Waals surface area contributed by atoms with Crippen molar-refractivity contribution in [3.63, 3.8) is 0 Å². The van der Waals surface area contributed by atoms with E-state index < -0.39 is 12.1 Å². The van der Waals surface area contributed by atoms with Gasteiger partial charge in [-0.1, -0.05) is 40.9 Å². The Morgan fingerprint density at radius 1 is 1.22 bits per heavy atom. The molecule has 27 heavy (non-hydrogen) atoms. The zero-order valence-corrected chi connectivity index (χ0v) is 16.0. The third-order valence-electron chi connectivity index (χ3n) is 4.48. The monoisotopic (exact) mass is 426 g/mol. The van der Waals surface area contributed by atoms with E-state index in [2.05, 4.69) is 9.97 Å². The lowest BCUT2D eigenvalue weighted by Gasteiger charge is -2.34. The fourth-order valence-electron chi connectivity index (χ4n) is 3.21. The molecule has 10 heteroatoms. The number of carbonyl (C=O) groups is 1. The highest BCUT2D eigenvalue weighted by atomic mass is 35.5. The second kappa shape index (κ2) is 7.16. The number of nitrogens with zero attached hydrogens (tertiary/aromatic N) is 4. The Kier molecular flexibility index (Phi) is 4.86. The van der Waals surface area contributed by atoms with Gasteiger partial charge in [-0.05, 0) is 23.8 Å². The van der Waals surface area contributed by atoms with Crippen LogP contribution < -0.4 is 0 Å². The Morgan fingerprint density at radius 3 is 2.78 bits per heavy atom. The molecule has 1 aliphatic heterocycles. The Labute approximate surface area is 169 Å². The smallest absolute Gasteiger partial charge is 0.407 e. The summed E-state index contributed by atoms with van der Waals surface area (Å²) >= 11 is 19.0. The predicted octanol–water partition coefficient (Wildman–Crippen LogP) is 4.43. The van der Waals surface area contributed by atoms with Crippen LogP contribution in [0.1, 0.15) is 11.6 Å². The van der Waals surface area contributed by atoms with Crippen LogP contribution in [-0.2, 0) is 4.74 Å². The van der Waals surface area contributed by atoms with E-state index in [4.69, 9.17) is 39.5 Å². The van der Waals surface area contributed by atoms with Crippen molar-refractivity contribution in [2.75, 3.05) is 19.8 Å². The summed E-state index contributed by atoms with van der Waals surface area (Å²) in [5.74, 6) is 0. The van der Waals surface area contributed by atoms with Crippen LogP contribution in [0.2, 0.25) is 15.3 Å². The number of morpholine rings is 1. The van der Waals surface area contributed by atoms with Gasteiger partial charge in [0.05, 0.1) is 24.6 Å². The molecule has 2 aromatic heterocycles. The molecule has 4 rings (SSSR count). The SMILES string of the molecule is O=C(O)N1CCOCC1c1ccc(-n2c(Cl)cc3c(Cl)ncnc32)cc1Cl. The Hall–Kier alpha value is -2.06. The molecule has 1 N–H and O–H groups in total. The van der Waals surface area contributed by atoms with Crippen molar-refractivity contribution in [3.8, 4) is 5.69 Å². The first-order chi connectivity index (χ1) is 13.0. The molecule has 7 nitrogen and oxygen atoms in total. The van der Waals surface area contributed by atoms with Gasteiger partial charge in [0.1, 0.15) is 16.6 Å². The van der Waals surface area contributed by atoms with Gasteiger partial charge in [0.15, 0.2) is 5.65 Å². The minimum Gasteiger partial charge on any atom is -0.465 e. The van der Waals surface area contributed by atoms with Crippen LogP contribution in [0.4, 0.5) is 4.79 Å². The molecule has 1 aromatic carbocycles. The highest BCUT2D eigenvalue weighted by Crippen LogP contribution is 2.34. The number of hydrogen-bond acceptors (Lipinski definition) is 4. The first kappa shape index (κ1) is 18.3. The fraction of sp³-hybridized carbons (Fsp3) is 0.235. The lowest BCUT2D eigenvalue weighted by atomic mass is 10.0.